The number of aryl methyl sites for hydroxylation is 2. The maximum atomic E-state index is 4.19. The fourth-order valence-electron chi connectivity index (χ4n) is 1.18. The Labute approximate surface area is 81.6 Å². The molecule has 0 atom stereocenters. The molecule has 0 unspecified atom stereocenters. The molecule has 0 aliphatic heterocycles. The lowest BCUT2D eigenvalue weighted by molar-refractivity contribution is 0.753. The Morgan fingerprint density at radius 3 is 2.79 bits per heavy atom. The molecule has 74 valence electrons. The summed E-state index contributed by atoms with van der Waals surface area (Å²) < 4.78 is 3.65. The molecule has 1 N–H and O–H groups in total. The molecule has 0 aliphatic carbocycles. The van der Waals surface area contributed by atoms with Gasteiger partial charge >= 0.3 is 0 Å². The van der Waals surface area contributed by atoms with Crippen molar-refractivity contribution in [3.8, 4) is 0 Å². The number of nitrogens with one attached hydrogen (secondary N) is 1. The number of aromatic nitrogens is 5. The number of nitrogens with zero attached hydrogens (tertiary/aromatic N) is 5. The van der Waals surface area contributed by atoms with Crippen LogP contribution in [0, 0.1) is 0 Å². The summed E-state index contributed by atoms with van der Waals surface area (Å²) in [6, 6.07) is 0. The number of rotatable bonds is 3. The standard InChI is InChI=1S/C8H12N6/c1-13-4-3-9-7(13)5-10-8-11-6-12-14(8)2/h3-4,6H,5H2,1-2H3,(H,10,11,12). The van der Waals surface area contributed by atoms with Crippen molar-refractivity contribution in [1.29, 1.82) is 0 Å². The molecule has 0 aliphatic rings. The van der Waals surface area contributed by atoms with Crippen LogP contribution in [0.2, 0.25) is 0 Å². The molecule has 6 nitrogen and oxygen atoms in total. The highest BCUT2D eigenvalue weighted by Gasteiger charge is 2.01. The van der Waals surface area contributed by atoms with E-state index in [1.807, 2.05) is 24.9 Å². The second-order valence-electron chi connectivity index (χ2n) is 3.02. The Hall–Kier alpha value is -1.85. The lowest BCUT2D eigenvalue weighted by Crippen LogP contribution is -2.09. The van der Waals surface area contributed by atoms with Crippen molar-refractivity contribution < 1.29 is 0 Å². The summed E-state index contributed by atoms with van der Waals surface area (Å²) in [6.45, 7) is 0.649. The number of imidazole rings is 1. The van der Waals surface area contributed by atoms with E-state index in [4.69, 9.17) is 0 Å². The van der Waals surface area contributed by atoms with Crippen LogP contribution in [-0.4, -0.2) is 24.3 Å². The van der Waals surface area contributed by atoms with Gasteiger partial charge in [0, 0.05) is 26.5 Å². The van der Waals surface area contributed by atoms with Crippen LogP contribution in [0.15, 0.2) is 18.7 Å². The van der Waals surface area contributed by atoms with Gasteiger partial charge in [-0.2, -0.15) is 10.1 Å². The van der Waals surface area contributed by atoms with E-state index in [0.717, 1.165) is 11.8 Å². The van der Waals surface area contributed by atoms with Crippen molar-refractivity contribution >= 4 is 5.95 Å². The van der Waals surface area contributed by atoms with Crippen molar-refractivity contribution in [3.05, 3.63) is 24.5 Å². The van der Waals surface area contributed by atoms with Gasteiger partial charge in [0.25, 0.3) is 0 Å². The predicted octanol–water partition coefficient (Wildman–Crippen LogP) is 0.161. The fourth-order valence-corrected chi connectivity index (χ4v) is 1.18. The highest BCUT2D eigenvalue weighted by molar-refractivity contribution is 5.23. The third kappa shape index (κ3) is 1.59. The number of hydrogen-bond acceptors (Lipinski definition) is 4. The van der Waals surface area contributed by atoms with Gasteiger partial charge in [0.1, 0.15) is 12.2 Å². The van der Waals surface area contributed by atoms with Crippen LogP contribution in [0.3, 0.4) is 0 Å². The molecule has 2 aromatic heterocycles. The molecule has 0 amide bonds. The monoisotopic (exact) mass is 192 g/mol. The molecule has 14 heavy (non-hydrogen) atoms. The summed E-state index contributed by atoms with van der Waals surface area (Å²) >= 11 is 0. The van der Waals surface area contributed by atoms with Crippen LogP contribution in [-0.2, 0) is 20.6 Å². The van der Waals surface area contributed by atoms with E-state index in [1.165, 1.54) is 6.33 Å². The lowest BCUT2D eigenvalue weighted by atomic mass is 10.6. The zero-order valence-corrected chi connectivity index (χ0v) is 8.18. The number of anilines is 1. The Kier molecular flexibility index (Phi) is 2.18. The van der Waals surface area contributed by atoms with Gasteiger partial charge < -0.3 is 9.88 Å². The van der Waals surface area contributed by atoms with E-state index < -0.39 is 0 Å². The minimum atomic E-state index is 0.649. The number of hydrogen-bond donors (Lipinski definition) is 1. The SMILES string of the molecule is Cn1ccnc1CNc1ncnn1C. The molecule has 2 aromatic rings. The van der Waals surface area contributed by atoms with Gasteiger partial charge in [-0.1, -0.05) is 0 Å². The highest BCUT2D eigenvalue weighted by Crippen LogP contribution is 2.01. The van der Waals surface area contributed by atoms with Crippen molar-refractivity contribution in [1.82, 2.24) is 24.3 Å². The van der Waals surface area contributed by atoms with Crippen LogP contribution in [0.25, 0.3) is 0 Å². The first-order chi connectivity index (χ1) is 6.77. The van der Waals surface area contributed by atoms with Gasteiger partial charge in [0.2, 0.25) is 5.95 Å². The third-order valence-corrected chi connectivity index (χ3v) is 2.04. The van der Waals surface area contributed by atoms with Gasteiger partial charge in [-0.3, -0.25) is 0 Å². The van der Waals surface area contributed by atoms with Gasteiger partial charge in [0.05, 0.1) is 6.54 Å². The van der Waals surface area contributed by atoms with E-state index in [-0.39, 0.29) is 0 Å². The van der Waals surface area contributed by atoms with Crippen molar-refractivity contribution in [2.75, 3.05) is 5.32 Å². The van der Waals surface area contributed by atoms with E-state index in [9.17, 15) is 0 Å². The molecule has 2 heterocycles. The van der Waals surface area contributed by atoms with Crippen molar-refractivity contribution in [2.24, 2.45) is 14.1 Å². The quantitative estimate of drug-likeness (QED) is 0.752. The molecule has 0 fully saturated rings. The summed E-state index contributed by atoms with van der Waals surface area (Å²) in [6.07, 6.45) is 5.20. The molecule has 2 rings (SSSR count). The zero-order chi connectivity index (χ0) is 9.97. The second kappa shape index (κ2) is 3.49. The minimum absolute atomic E-state index is 0.649. The van der Waals surface area contributed by atoms with E-state index in [2.05, 4.69) is 20.4 Å². The topological polar surface area (TPSA) is 60.6 Å². The van der Waals surface area contributed by atoms with E-state index >= 15 is 0 Å². The first-order valence-corrected chi connectivity index (χ1v) is 4.31. The van der Waals surface area contributed by atoms with Gasteiger partial charge in [-0.25, -0.2) is 9.67 Å². The van der Waals surface area contributed by atoms with E-state index in [1.54, 1.807) is 10.9 Å². The van der Waals surface area contributed by atoms with Crippen molar-refractivity contribution in [3.63, 3.8) is 0 Å². The maximum Gasteiger partial charge on any atom is 0.221 e. The second-order valence-corrected chi connectivity index (χ2v) is 3.02. The molecule has 6 heteroatoms. The molecular formula is C8H12N6. The molecule has 0 saturated carbocycles. The maximum absolute atomic E-state index is 4.19. The zero-order valence-electron chi connectivity index (χ0n) is 8.18. The van der Waals surface area contributed by atoms with Crippen molar-refractivity contribution in [2.45, 2.75) is 6.54 Å². The largest absolute Gasteiger partial charge is 0.347 e. The molecular weight excluding hydrogens is 180 g/mol. The Morgan fingerprint density at radius 1 is 1.36 bits per heavy atom. The average Bonchev–Trinajstić information content (AvgIpc) is 2.72. The average molecular weight is 192 g/mol. The first-order valence-electron chi connectivity index (χ1n) is 4.31. The fraction of sp³-hybridized carbons (Fsp3) is 0.375. The summed E-state index contributed by atoms with van der Waals surface area (Å²) in [5.74, 6) is 1.71. The molecule has 0 bridgehead atoms. The Balaban J connectivity index is 2.02. The minimum Gasteiger partial charge on any atom is -0.347 e. The van der Waals surface area contributed by atoms with E-state index in [0.29, 0.717) is 6.54 Å². The molecule has 0 aromatic carbocycles. The summed E-state index contributed by atoms with van der Waals surface area (Å²) in [5, 5.41) is 7.10. The highest BCUT2D eigenvalue weighted by atomic mass is 15.4. The van der Waals surface area contributed by atoms with Crippen LogP contribution >= 0.6 is 0 Å². The van der Waals surface area contributed by atoms with Gasteiger partial charge in [0.15, 0.2) is 0 Å². The summed E-state index contributed by atoms with van der Waals surface area (Å²) in [7, 11) is 3.80. The summed E-state index contributed by atoms with van der Waals surface area (Å²) in [5.41, 5.74) is 0. The van der Waals surface area contributed by atoms with Crippen LogP contribution in [0.5, 0.6) is 0 Å². The Morgan fingerprint density at radius 2 is 2.21 bits per heavy atom. The predicted molar refractivity (Wildman–Crippen MR) is 51.5 cm³/mol. The smallest absolute Gasteiger partial charge is 0.221 e. The van der Waals surface area contributed by atoms with Gasteiger partial charge in [-0.15, -0.1) is 0 Å². The summed E-state index contributed by atoms with van der Waals surface area (Å²) in [4.78, 5) is 8.24. The molecule has 0 spiro atoms. The van der Waals surface area contributed by atoms with Crippen LogP contribution in [0.1, 0.15) is 5.82 Å². The van der Waals surface area contributed by atoms with Gasteiger partial charge in [-0.05, 0) is 0 Å². The van der Waals surface area contributed by atoms with Crippen LogP contribution in [0.4, 0.5) is 5.95 Å². The third-order valence-electron chi connectivity index (χ3n) is 2.04. The molecule has 0 radical (unpaired) electrons. The van der Waals surface area contributed by atoms with Crippen LogP contribution < -0.4 is 5.32 Å². The normalized spacial score (nSPS) is 10.4. The first kappa shape index (κ1) is 8.74. The Bertz CT molecular complexity index is 375. The molecule has 0 saturated heterocycles. The lowest BCUT2D eigenvalue weighted by Gasteiger charge is -2.04.